The second-order valence-corrected chi connectivity index (χ2v) is 5.89. The van der Waals surface area contributed by atoms with Crippen LogP contribution in [0.2, 0.25) is 0 Å². The lowest BCUT2D eigenvalue weighted by atomic mass is 9.91. The maximum Gasteiger partial charge on any atom is 0.253 e. The molecule has 1 heterocycles. The normalized spacial score (nSPS) is 20.2. The molecule has 1 aromatic carbocycles. The molecule has 0 radical (unpaired) electrons. The van der Waals surface area contributed by atoms with Crippen molar-refractivity contribution in [1.82, 2.24) is 4.90 Å². The first-order valence-corrected chi connectivity index (χ1v) is 7.10. The molecule has 2 rings (SSSR count). The Morgan fingerprint density at radius 1 is 1.30 bits per heavy atom. The molecule has 0 saturated carbocycles. The third kappa shape index (κ3) is 3.97. The number of aryl methyl sites for hydroxylation is 2. The minimum absolute atomic E-state index is 0. The summed E-state index contributed by atoms with van der Waals surface area (Å²) in [7, 11) is 0. The number of nitrogens with zero attached hydrogens (tertiary/aromatic N) is 1. The van der Waals surface area contributed by atoms with E-state index in [1.807, 2.05) is 37.8 Å². The van der Waals surface area contributed by atoms with E-state index in [0.29, 0.717) is 5.92 Å². The van der Waals surface area contributed by atoms with Crippen molar-refractivity contribution in [2.75, 3.05) is 13.1 Å². The van der Waals surface area contributed by atoms with Crippen LogP contribution in [0.25, 0.3) is 0 Å². The minimum atomic E-state index is 0. The number of hydrogen-bond donors (Lipinski definition) is 1. The van der Waals surface area contributed by atoms with Crippen LogP contribution >= 0.6 is 12.4 Å². The van der Waals surface area contributed by atoms with E-state index in [9.17, 15) is 4.79 Å². The van der Waals surface area contributed by atoms with E-state index in [0.717, 1.165) is 42.6 Å². The van der Waals surface area contributed by atoms with E-state index in [1.165, 1.54) is 0 Å². The van der Waals surface area contributed by atoms with Crippen molar-refractivity contribution in [2.24, 2.45) is 11.7 Å². The zero-order valence-electron chi connectivity index (χ0n) is 12.6. The molecule has 0 bridgehead atoms. The summed E-state index contributed by atoms with van der Waals surface area (Å²) in [4.78, 5) is 14.5. The van der Waals surface area contributed by atoms with Crippen molar-refractivity contribution in [3.05, 3.63) is 34.9 Å². The number of halogens is 1. The van der Waals surface area contributed by atoms with Crippen LogP contribution in [-0.4, -0.2) is 29.9 Å². The maximum atomic E-state index is 12.6. The first-order chi connectivity index (χ1) is 8.97. The van der Waals surface area contributed by atoms with Gasteiger partial charge >= 0.3 is 0 Å². The standard InChI is InChI=1S/C16H24N2O.ClH/c1-11-7-12(2)9-15(8-11)16(19)18-6-4-5-14(10-18)13(3)17;/h7-9,13-14H,4-6,10,17H2,1-3H3;1H. The summed E-state index contributed by atoms with van der Waals surface area (Å²) in [5.41, 5.74) is 9.07. The lowest BCUT2D eigenvalue weighted by Gasteiger charge is -2.34. The predicted octanol–water partition coefficient (Wildman–Crippen LogP) is 2.92. The fourth-order valence-electron chi connectivity index (χ4n) is 2.90. The Balaban J connectivity index is 0.00000200. The quantitative estimate of drug-likeness (QED) is 0.912. The van der Waals surface area contributed by atoms with E-state index in [-0.39, 0.29) is 24.4 Å². The topological polar surface area (TPSA) is 46.3 Å². The SMILES string of the molecule is Cc1cc(C)cc(C(=O)N2CCCC(C(C)N)C2)c1.Cl. The van der Waals surface area contributed by atoms with Crippen LogP contribution in [-0.2, 0) is 0 Å². The molecule has 0 aliphatic carbocycles. The van der Waals surface area contributed by atoms with Crippen molar-refractivity contribution in [3.63, 3.8) is 0 Å². The highest BCUT2D eigenvalue weighted by Gasteiger charge is 2.26. The molecule has 0 spiro atoms. The van der Waals surface area contributed by atoms with Crippen LogP contribution < -0.4 is 5.73 Å². The number of carbonyl (C=O) groups excluding carboxylic acids is 1. The molecule has 1 saturated heterocycles. The Hall–Kier alpha value is -1.06. The van der Waals surface area contributed by atoms with Crippen molar-refractivity contribution in [1.29, 1.82) is 0 Å². The molecule has 1 aliphatic rings. The van der Waals surface area contributed by atoms with Crippen LogP contribution in [0.3, 0.4) is 0 Å². The van der Waals surface area contributed by atoms with Gasteiger partial charge in [-0.25, -0.2) is 0 Å². The zero-order chi connectivity index (χ0) is 14.0. The van der Waals surface area contributed by atoms with Gasteiger partial charge in [0.2, 0.25) is 0 Å². The summed E-state index contributed by atoms with van der Waals surface area (Å²) >= 11 is 0. The van der Waals surface area contributed by atoms with Gasteiger partial charge in [-0.2, -0.15) is 0 Å². The van der Waals surface area contributed by atoms with Gasteiger partial charge in [0.1, 0.15) is 0 Å². The van der Waals surface area contributed by atoms with Crippen molar-refractivity contribution in [3.8, 4) is 0 Å². The summed E-state index contributed by atoms with van der Waals surface area (Å²) in [5.74, 6) is 0.584. The van der Waals surface area contributed by atoms with E-state index in [2.05, 4.69) is 6.07 Å². The van der Waals surface area contributed by atoms with Crippen molar-refractivity contribution < 1.29 is 4.79 Å². The van der Waals surface area contributed by atoms with Gasteiger partial charge < -0.3 is 10.6 Å². The monoisotopic (exact) mass is 296 g/mol. The number of hydrogen-bond acceptors (Lipinski definition) is 2. The average molecular weight is 297 g/mol. The van der Waals surface area contributed by atoms with E-state index in [4.69, 9.17) is 5.73 Å². The molecule has 1 aliphatic heterocycles. The zero-order valence-corrected chi connectivity index (χ0v) is 13.4. The molecular weight excluding hydrogens is 272 g/mol. The second kappa shape index (κ2) is 7.09. The second-order valence-electron chi connectivity index (χ2n) is 5.89. The Morgan fingerprint density at radius 3 is 2.45 bits per heavy atom. The first-order valence-electron chi connectivity index (χ1n) is 7.10. The predicted molar refractivity (Wildman–Crippen MR) is 85.4 cm³/mol. The third-order valence-corrected chi connectivity index (χ3v) is 3.96. The van der Waals surface area contributed by atoms with E-state index >= 15 is 0 Å². The largest absolute Gasteiger partial charge is 0.338 e. The summed E-state index contributed by atoms with van der Waals surface area (Å²) in [6, 6.07) is 6.21. The number of rotatable bonds is 2. The lowest BCUT2D eigenvalue weighted by molar-refractivity contribution is 0.0661. The summed E-state index contributed by atoms with van der Waals surface area (Å²) in [5, 5.41) is 0. The number of carbonyl (C=O) groups is 1. The molecule has 1 fully saturated rings. The maximum absolute atomic E-state index is 12.6. The minimum Gasteiger partial charge on any atom is -0.338 e. The Labute approximate surface area is 127 Å². The molecule has 1 amide bonds. The molecular formula is C16H25ClN2O. The van der Waals surface area contributed by atoms with Gasteiger partial charge in [0, 0.05) is 24.7 Å². The van der Waals surface area contributed by atoms with Gasteiger partial charge in [0.25, 0.3) is 5.91 Å². The highest BCUT2D eigenvalue weighted by Crippen LogP contribution is 2.21. The Kier molecular flexibility index (Phi) is 6.03. The summed E-state index contributed by atoms with van der Waals surface area (Å²) in [6.07, 6.45) is 2.19. The van der Waals surface area contributed by atoms with E-state index in [1.54, 1.807) is 0 Å². The molecule has 0 aromatic heterocycles. The van der Waals surface area contributed by atoms with Gasteiger partial charge in [-0.05, 0) is 51.7 Å². The molecule has 1 aromatic rings. The number of nitrogens with two attached hydrogens (primary N) is 1. The van der Waals surface area contributed by atoms with Crippen LogP contribution in [0.5, 0.6) is 0 Å². The van der Waals surface area contributed by atoms with Crippen LogP contribution in [0.15, 0.2) is 18.2 Å². The number of likely N-dealkylation sites (tertiary alicyclic amines) is 1. The highest BCUT2D eigenvalue weighted by atomic mass is 35.5. The van der Waals surface area contributed by atoms with E-state index < -0.39 is 0 Å². The fraction of sp³-hybridized carbons (Fsp3) is 0.562. The van der Waals surface area contributed by atoms with Crippen molar-refractivity contribution in [2.45, 2.75) is 39.7 Å². The molecule has 2 unspecified atom stereocenters. The van der Waals surface area contributed by atoms with Crippen LogP contribution in [0, 0.1) is 19.8 Å². The van der Waals surface area contributed by atoms with Gasteiger partial charge in [-0.15, -0.1) is 12.4 Å². The van der Waals surface area contributed by atoms with Gasteiger partial charge in [-0.3, -0.25) is 4.79 Å². The summed E-state index contributed by atoms with van der Waals surface area (Å²) in [6.45, 7) is 7.75. The smallest absolute Gasteiger partial charge is 0.253 e. The first kappa shape index (κ1) is 17.0. The molecule has 3 nitrogen and oxygen atoms in total. The Bertz CT molecular complexity index is 453. The number of piperidine rings is 1. The summed E-state index contributed by atoms with van der Waals surface area (Å²) < 4.78 is 0. The van der Waals surface area contributed by atoms with Gasteiger partial charge in [-0.1, -0.05) is 17.2 Å². The highest BCUT2D eigenvalue weighted by molar-refractivity contribution is 5.94. The lowest BCUT2D eigenvalue weighted by Crippen LogP contribution is -2.45. The molecule has 2 atom stereocenters. The van der Waals surface area contributed by atoms with Gasteiger partial charge in [0.05, 0.1) is 0 Å². The molecule has 112 valence electrons. The van der Waals surface area contributed by atoms with Crippen LogP contribution in [0.1, 0.15) is 41.3 Å². The molecule has 2 N–H and O–H groups in total. The Morgan fingerprint density at radius 2 is 1.90 bits per heavy atom. The molecule has 20 heavy (non-hydrogen) atoms. The fourth-order valence-corrected chi connectivity index (χ4v) is 2.90. The van der Waals surface area contributed by atoms with Gasteiger partial charge in [0.15, 0.2) is 0 Å². The average Bonchev–Trinajstić information content (AvgIpc) is 2.37. The number of amides is 1. The third-order valence-electron chi connectivity index (χ3n) is 3.96. The number of benzene rings is 1. The molecule has 4 heteroatoms. The van der Waals surface area contributed by atoms with Crippen LogP contribution in [0.4, 0.5) is 0 Å². The van der Waals surface area contributed by atoms with Crippen molar-refractivity contribution >= 4 is 18.3 Å².